The lowest BCUT2D eigenvalue weighted by Gasteiger charge is -2.27. The van der Waals surface area contributed by atoms with Crippen molar-refractivity contribution in [3.05, 3.63) is 35.4 Å². The molecule has 1 aromatic rings. The van der Waals surface area contributed by atoms with Crippen LogP contribution in [0.2, 0.25) is 0 Å². The molecule has 0 saturated heterocycles. The van der Waals surface area contributed by atoms with Gasteiger partial charge in [0.2, 0.25) is 0 Å². The molecule has 0 unspecified atom stereocenters. The Morgan fingerprint density at radius 2 is 1.71 bits per heavy atom. The molecule has 0 bridgehead atoms. The standard InChI is InChI=1S/C16H26N2O2S/c1-13-8-10-14(11-9-13)12-16(2,3)18-21(19,20)17-15-6-4-5-7-15/h8-11,15,17-18H,4-7,12H2,1-3H3. The van der Waals surface area contributed by atoms with Crippen molar-refractivity contribution in [2.24, 2.45) is 0 Å². The van der Waals surface area contributed by atoms with E-state index in [4.69, 9.17) is 0 Å². The summed E-state index contributed by atoms with van der Waals surface area (Å²) < 4.78 is 30.0. The molecule has 2 rings (SSSR count). The molecule has 2 N–H and O–H groups in total. The zero-order valence-electron chi connectivity index (χ0n) is 13.1. The average molecular weight is 310 g/mol. The predicted octanol–water partition coefficient (Wildman–Crippen LogP) is 2.68. The maximum absolute atomic E-state index is 12.2. The second-order valence-corrected chi connectivity index (χ2v) is 8.20. The van der Waals surface area contributed by atoms with Gasteiger partial charge in [-0.05, 0) is 45.6 Å². The molecule has 118 valence electrons. The minimum atomic E-state index is -3.45. The van der Waals surface area contributed by atoms with Crippen molar-refractivity contribution in [1.29, 1.82) is 0 Å². The molecular weight excluding hydrogens is 284 g/mol. The number of nitrogens with one attached hydrogen (secondary N) is 2. The molecule has 0 spiro atoms. The zero-order valence-corrected chi connectivity index (χ0v) is 14.0. The minimum absolute atomic E-state index is 0.0951. The number of rotatable bonds is 6. The van der Waals surface area contributed by atoms with Crippen LogP contribution in [0.15, 0.2) is 24.3 Å². The first kappa shape index (κ1) is 16.5. The smallest absolute Gasteiger partial charge is 0.199 e. The van der Waals surface area contributed by atoms with E-state index >= 15 is 0 Å². The summed E-state index contributed by atoms with van der Waals surface area (Å²) in [6.07, 6.45) is 4.78. The molecule has 1 saturated carbocycles. The molecule has 0 aromatic heterocycles. The van der Waals surface area contributed by atoms with Gasteiger partial charge in [-0.25, -0.2) is 0 Å². The van der Waals surface area contributed by atoms with Gasteiger partial charge >= 0.3 is 0 Å². The van der Waals surface area contributed by atoms with Crippen molar-refractivity contribution in [2.75, 3.05) is 0 Å². The van der Waals surface area contributed by atoms with E-state index in [2.05, 4.69) is 33.7 Å². The summed E-state index contributed by atoms with van der Waals surface area (Å²) in [6, 6.07) is 8.30. The second-order valence-electron chi connectivity index (χ2n) is 6.75. The number of hydrogen-bond acceptors (Lipinski definition) is 2. The van der Waals surface area contributed by atoms with Gasteiger partial charge in [0.25, 0.3) is 10.2 Å². The molecule has 4 nitrogen and oxygen atoms in total. The molecule has 1 fully saturated rings. The molecule has 21 heavy (non-hydrogen) atoms. The van der Waals surface area contributed by atoms with Crippen LogP contribution < -0.4 is 9.44 Å². The number of aryl methyl sites for hydroxylation is 1. The van der Waals surface area contributed by atoms with Gasteiger partial charge in [0, 0.05) is 11.6 Å². The highest BCUT2D eigenvalue weighted by molar-refractivity contribution is 7.87. The van der Waals surface area contributed by atoms with Gasteiger partial charge in [0.1, 0.15) is 0 Å². The third-order valence-electron chi connectivity index (χ3n) is 3.85. The Morgan fingerprint density at radius 3 is 2.29 bits per heavy atom. The summed E-state index contributed by atoms with van der Waals surface area (Å²) in [5, 5.41) is 0. The van der Waals surface area contributed by atoms with Gasteiger partial charge in [-0.1, -0.05) is 42.7 Å². The first-order valence-corrected chi connectivity index (χ1v) is 9.11. The fourth-order valence-electron chi connectivity index (χ4n) is 2.91. The number of hydrogen-bond donors (Lipinski definition) is 2. The highest BCUT2D eigenvalue weighted by Gasteiger charge is 2.28. The quantitative estimate of drug-likeness (QED) is 0.848. The first-order chi connectivity index (χ1) is 9.76. The highest BCUT2D eigenvalue weighted by Crippen LogP contribution is 2.19. The van der Waals surface area contributed by atoms with E-state index in [-0.39, 0.29) is 6.04 Å². The van der Waals surface area contributed by atoms with E-state index in [1.165, 1.54) is 5.56 Å². The second kappa shape index (κ2) is 6.46. The maximum atomic E-state index is 12.2. The monoisotopic (exact) mass is 310 g/mol. The normalized spacial score (nSPS) is 17.3. The third-order valence-corrected chi connectivity index (χ3v) is 5.32. The van der Waals surface area contributed by atoms with Gasteiger partial charge in [0.15, 0.2) is 0 Å². The van der Waals surface area contributed by atoms with Crippen molar-refractivity contribution in [3.63, 3.8) is 0 Å². The Balaban J connectivity index is 1.96. The van der Waals surface area contributed by atoms with E-state index in [1.807, 2.05) is 20.8 Å². The fraction of sp³-hybridized carbons (Fsp3) is 0.625. The van der Waals surface area contributed by atoms with E-state index in [0.29, 0.717) is 6.42 Å². The molecule has 0 radical (unpaired) electrons. The van der Waals surface area contributed by atoms with Gasteiger partial charge in [-0.15, -0.1) is 0 Å². The van der Waals surface area contributed by atoms with E-state index in [9.17, 15) is 8.42 Å². The molecule has 1 aliphatic rings. The molecule has 0 aliphatic heterocycles. The maximum Gasteiger partial charge on any atom is 0.277 e. The SMILES string of the molecule is Cc1ccc(CC(C)(C)NS(=O)(=O)NC2CCCC2)cc1. The Labute approximate surface area is 128 Å². The fourth-order valence-corrected chi connectivity index (χ4v) is 4.44. The summed E-state index contributed by atoms with van der Waals surface area (Å²) in [7, 11) is -3.45. The van der Waals surface area contributed by atoms with Gasteiger partial charge < -0.3 is 0 Å². The minimum Gasteiger partial charge on any atom is -0.199 e. The van der Waals surface area contributed by atoms with E-state index in [1.54, 1.807) is 0 Å². The average Bonchev–Trinajstić information content (AvgIpc) is 2.82. The van der Waals surface area contributed by atoms with Crippen LogP contribution in [0.5, 0.6) is 0 Å². The van der Waals surface area contributed by atoms with Crippen LogP contribution in [-0.4, -0.2) is 20.0 Å². The van der Waals surface area contributed by atoms with Crippen LogP contribution in [0.4, 0.5) is 0 Å². The molecule has 5 heteroatoms. The highest BCUT2D eigenvalue weighted by atomic mass is 32.2. The van der Waals surface area contributed by atoms with Crippen molar-refractivity contribution >= 4 is 10.2 Å². The van der Waals surface area contributed by atoms with Crippen LogP contribution in [0, 0.1) is 6.92 Å². The van der Waals surface area contributed by atoms with Crippen LogP contribution >= 0.6 is 0 Å². The Bertz CT molecular complexity index is 558. The predicted molar refractivity (Wildman–Crippen MR) is 86.4 cm³/mol. The molecule has 0 amide bonds. The lowest BCUT2D eigenvalue weighted by molar-refractivity contribution is 0.440. The topological polar surface area (TPSA) is 58.2 Å². The zero-order chi connectivity index (χ0) is 15.5. The van der Waals surface area contributed by atoms with E-state index in [0.717, 1.165) is 31.2 Å². The molecule has 1 aliphatic carbocycles. The van der Waals surface area contributed by atoms with Gasteiger partial charge in [0.05, 0.1) is 0 Å². The third kappa shape index (κ3) is 5.41. The van der Waals surface area contributed by atoms with Gasteiger partial charge in [-0.3, -0.25) is 0 Å². The summed E-state index contributed by atoms with van der Waals surface area (Å²) in [5.41, 5.74) is 1.83. The van der Waals surface area contributed by atoms with Crippen LogP contribution in [0.3, 0.4) is 0 Å². The summed E-state index contributed by atoms with van der Waals surface area (Å²) in [6.45, 7) is 5.88. The molecule has 0 heterocycles. The lowest BCUT2D eigenvalue weighted by Crippen LogP contribution is -2.51. The Morgan fingerprint density at radius 1 is 1.14 bits per heavy atom. The summed E-state index contributed by atoms with van der Waals surface area (Å²) in [5.74, 6) is 0. The van der Waals surface area contributed by atoms with Crippen molar-refractivity contribution in [3.8, 4) is 0 Å². The Kier molecular flexibility index (Phi) is 5.07. The Hall–Kier alpha value is -0.910. The molecule has 0 atom stereocenters. The van der Waals surface area contributed by atoms with Crippen molar-refractivity contribution in [1.82, 2.24) is 9.44 Å². The summed E-state index contributed by atoms with van der Waals surface area (Å²) >= 11 is 0. The van der Waals surface area contributed by atoms with E-state index < -0.39 is 15.7 Å². The lowest BCUT2D eigenvalue weighted by atomic mass is 9.96. The molecular formula is C16H26N2O2S. The first-order valence-electron chi connectivity index (χ1n) is 7.63. The molecule has 1 aromatic carbocycles. The summed E-state index contributed by atoms with van der Waals surface area (Å²) in [4.78, 5) is 0. The van der Waals surface area contributed by atoms with Crippen molar-refractivity contribution in [2.45, 2.75) is 64.5 Å². The van der Waals surface area contributed by atoms with Crippen LogP contribution in [-0.2, 0) is 16.6 Å². The van der Waals surface area contributed by atoms with Crippen molar-refractivity contribution < 1.29 is 8.42 Å². The number of benzene rings is 1. The van der Waals surface area contributed by atoms with Crippen LogP contribution in [0.1, 0.15) is 50.7 Å². The van der Waals surface area contributed by atoms with Crippen LogP contribution in [0.25, 0.3) is 0 Å². The van der Waals surface area contributed by atoms with Gasteiger partial charge in [-0.2, -0.15) is 17.9 Å². The largest absolute Gasteiger partial charge is 0.277 e.